The second kappa shape index (κ2) is 5.29. The van der Waals surface area contributed by atoms with Crippen molar-refractivity contribution in [3.05, 3.63) is 0 Å². The van der Waals surface area contributed by atoms with E-state index in [9.17, 15) is 9.59 Å². The molecule has 5 heteroatoms. The average Bonchev–Trinajstić information content (AvgIpc) is 2.65. The summed E-state index contributed by atoms with van der Waals surface area (Å²) in [6.45, 7) is 1.98. The number of carbonyl (C=O) groups is 2. The standard InChI is InChI=1S/C12H20N2O2S/c1-8(17-2)10-11(15)14(12(16)13-10)9-6-4-3-5-7-9/h8-10H,3-7H2,1-2H3,(H,13,16). The molecule has 0 bridgehead atoms. The second-order valence-electron chi connectivity index (χ2n) is 4.87. The lowest BCUT2D eigenvalue weighted by atomic mass is 9.94. The first-order valence-electron chi connectivity index (χ1n) is 6.31. The minimum absolute atomic E-state index is 0.0243. The van der Waals surface area contributed by atoms with Crippen LogP contribution in [0.4, 0.5) is 4.79 Å². The lowest BCUT2D eigenvalue weighted by Gasteiger charge is -2.28. The van der Waals surface area contributed by atoms with Crippen molar-refractivity contribution < 1.29 is 9.59 Å². The van der Waals surface area contributed by atoms with Gasteiger partial charge >= 0.3 is 6.03 Å². The normalized spacial score (nSPS) is 28.4. The molecular weight excluding hydrogens is 236 g/mol. The van der Waals surface area contributed by atoms with Gasteiger partial charge in [0.05, 0.1) is 0 Å². The number of hydrogen-bond donors (Lipinski definition) is 1. The van der Waals surface area contributed by atoms with E-state index < -0.39 is 0 Å². The average molecular weight is 256 g/mol. The highest BCUT2D eigenvalue weighted by atomic mass is 32.2. The number of thioether (sulfide) groups is 1. The molecule has 2 atom stereocenters. The van der Waals surface area contributed by atoms with Crippen molar-refractivity contribution in [3.8, 4) is 0 Å². The minimum atomic E-state index is -0.334. The van der Waals surface area contributed by atoms with E-state index in [-0.39, 0.29) is 29.3 Å². The third-order valence-electron chi connectivity index (χ3n) is 3.78. The van der Waals surface area contributed by atoms with Gasteiger partial charge < -0.3 is 5.32 Å². The predicted molar refractivity (Wildman–Crippen MR) is 69.0 cm³/mol. The van der Waals surface area contributed by atoms with Crippen molar-refractivity contribution in [1.29, 1.82) is 0 Å². The fraction of sp³-hybridized carbons (Fsp3) is 0.833. The number of nitrogens with one attached hydrogen (secondary N) is 1. The van der Waals surface area contributed by atoms with Crippen molar-refractivity contribution in [3.63, 3.8) is 0 Å². The van der Waals surface area contributed by atoms with Gasteiger partial charge in [-0.2, -0.15) is 11.8 Å². The number of hydrogen-bond acceptors (Lipinski definition) is 3. The predicted octanol–water partition coefficient (Wildman–Crippen LogP) is 1.99. The Morgan fingerprint density at radius 3 is 2.53 bits per heavy atom. The molecular formula is C12H20N2O2S. The molecule has 0 aromatic heterocycles. The number of amides is 3. The van der Waals surface area contributed by atoms with E-state index in [4.69, 9.17) is 0 Å². The highest BCUT2D eigenvalue weighted by Gasteiger charge is 2.44. The summed E-state index contributed by atoms with van der Waals surface area (Å²) < 4.78 is 0. The zero-order chi connectivity index (χ0) is 12.4. The van der Waals surface area contributed by atoms with Crippen LogP contribution in [0.5, 0.6) is 0 Å². The topological polar surface area (TPSA) is 49.4 Å². The van der Waals surface area contributed by atoms with Gasteiger partial charge in [0.2, 0.25) is 0 Å². The highest BCUT2D eigenvalue weighted by molar-refractivity contribution is 7.99. The van der Waals surface area contributed by atoms with E-state index in [0.717, 1.165) is 25.7 Å². The molecule has 0 radical (unpaired) electrons. The summed E-state index contributed by atoms with van der Waals surface area (Å²) in [7, 11) is 0. The number of urea groups is 1. The lowest BCUT2D eigenvalue weighted by Crippen LogP contribution is -2.42. The van der Waals surface area contributed by atoms with Crippen LogP contribution in [0, 0.1) is 0 Å². The van der Waals surface area contributed by atoms with E-state index >= 15 is 0 Å². The molecule has 1 saturated carbocycles. The van der Waals surface area contributed by atoms with Crippen LogP contribution in [0.25, 0.3) is 0 Å². The van der Waals surface area contributed by atoms with Crippen molar-refractivity contribution in [1.82, 2.24) is 10.2 Å². The minimum Gasteiger partial charge on any atom is -0.325 e. The SMILES string of the molecule is CSC(C)C1NC(=O)N(C2CCCCC2)C1=O. The molecule has 1 saturated heterocycles. The molecule has 2 fully saturated rings. The summed E-state index contributed by atoms with van der Waals surface area (Å²) in [4.78, 5) is 25.6. The number of carbonyl (C=O) groups excluding carboxylic acids is 2. The number of imide groups is 1. The monoisotopic (exact) mass is 256 g/mol. The Morgan fingerprint density at radius 1 is 1.29 bits per heavy atom. The quantitative estimate of drug-likeness (QED) is 0.786. The first-order valence-corrected chi connectivity index (χ1v) is 7.60. The fourth-order valence-corrected chi connectivity index (χ4v) is 3.11. The van der Waals surface area contributed by atoms with Gasteiger partial charge in [-0.1, -0.05) is 26.2 Å². The van der Waals surface area contributed by atoms with E-state index in [1.807, 2.05) is 13.2 Å². The van der Waals surface area contributed by atoms with Crippen LogP contribution in [0.2, 0.25) is 0 Å². The molecule has 0 spiro atoms. The molecule has 1 heterocycles. The summed E-state index contributed by atoms with van der Waals surface area (Å²) >= 11 is 1.61. The van der Waals surface area contributed by atoms with E-state index in [1.54, 1.807) is 11.8 Å². The molecule has 2 unspecified atom stereocenters. The molecule has 1 aliphatic carbocycles. The van der Waals surface area contributed by atoms with Crippen LogP contribution < -0.4 is 5.32 Å². The Hall–Kier alpha value is -0.710. The van der Waals surface area contributed by atoms with Gasteiger partial charge in [0.1, 0.15) is 6.04 Å². The van der Waals surface area contributed by atoms with E-state index in [1.165, 1.54) is 11.3 Å². The molecule has 96 valence electrons. The van der Waals surface area contributed by atoms with Crippen LogP contribution in [0.15, 0.2) is 0 Å². The Labute approximate surface area is 106 Å². The van der Waals surface area contributed by atoms with Crippen molar-refractivity contribution >= 4 is 23.7 Å². The third-order valence-corrected chi connectivity index (χ3v) is 4.80. The first kappa shape index (κ1) is 12.7. The maximum Gasteiger partial charge on any atom is 0.325 e. The Balaban J connectivity index is 2.07. The summed E-state index contributed by atoms with van der Waals surface area (Å²) in [5.74, 6) is -0.0243. The van der Waals surface area contributed by atoms with Crippen LogP contribution in [-0.4, -0.2) is 40.4 Å². The van der Waals surface area contributed by atoms with Gasteiger partial charge in [-0.25, -0.2) is 4.79 Å². The van der Waals surface area contributed by atoms with Crippen LogP contribution >= 0.6 is 11.8 Å². The molecule has 1 N–H and O–H groups in total. The highest BCUT2D eigenvalue weighted by Crippen LogP contribution is 2.27. The second-order valence-corrected chi connectivity index (χ2v) is 6.08. The Kier molecular flexibility index (Phi) is 3.97. The zero-order valence-corrected chi connectivity index (χ0v) is 11.3. The maximum atomic E-state index is 12.2. The van der Waals surface area contributed by atoms with Crippen molar-refractivity contribution in [2.24, 2.45) is 0 Å². The molecule has 0 aromatic rings. The summed E-state index contributed by atoms with van der Waals surface area (Å²) in [6.07, 6.45) is 7.40. The first-order chi connectivity index (χ1) is 8.15. The number of rotatable bonds is 3. The summed E-state index contributed by atoms with van der Waals surface area (Å²) in [6, 6.07) is -0.387. The largest absolute Gasteiger partial charge is 0.325 e. The Morgan fingerprint density at radius 2 is 1.94 bits per heavy atom. The molecule has 4 nitrogen and oxygen atoms in total. The fourth-order valence-electron chi connectivity index (χ4n) is 2.65. The molecule has 0 aromatic carbocycles. The Bertz CT molecular complexity index is 316. The zero-order valence-electron chi connectivity index (χ0n) is 10.4. The van der Waals surface area contributed by atoms with Crippen LogP contribution in [0.3, 0.4) is 0 Å². The molecule has 2 aliphatic rings. The smallest absolute Gasteiger partial charge is 0.325 e. The lowest BCUT2D eigenvalue weighted by molar-refractivity contribution is -0.129. The summed E-state index contributed by atoms with van der Waals surface area (Å²) in [5.41, 5.74) is 0. The van der Waals surface area contributed by atoms with Gasteiger partial charge in [0, 0.05) is 11.3 Å². The van der Waals surface area contributed by atoms with Crippen molar-refractivity contribution in [2.45, 2.75) is 56.4 Å². The molecule has 3 amide bonds. The maximum absolute atomic E-state index is 12.2. The summed E-state index contributed by atoms with van der Waals surface area (Å²) in [5, 5.41) is 2.96. The van der Waals surface area contributed by atoms with Gasteiger partial charge in [-0.15, -0.1) is 0 Å². The van der Waals surface area contributed by atoms with E-state index in [0.29, 0.717) is 0 Å². The van der Waals surface area contributed by atoms with Crippen molar-refractivity contribution in [2.75, 3.05) is 6.26 Å². The molecule has 17 heavy (non-hydrogen) atoms. The van der Waals surface area contributed by atoms with Gasteiger partial charge in [0.25, 0.3) is 5.91 Å². The molecule has 2 rings (SSSR count). The third kappa shape index (κ3) is 2.44. The van der Waals surface area contributed by atoms with Crippen LogP contribution in [-0.2, 0) is 4.79 Å². The van der Waals surface area contributed by atoms with Gasteiger partial charge in [0.15, 0.2) is 0 Å². The molecule has 1 aliphatic heterocycles. The van der Waals surface area contributed by atoms with Gasteiger partial charge in [-0.3, -0.25) is 9.69 Å². The van der Waals surface area contributed by atoms with Crippen LogP contribution in [0.1, 0.15) is 39.0 Å². The number of nitrogens with zero attached hydrogens (tertiary/aromatic N) is 1. The van der Waals surface area contributed by atoms with E-state index in [2.05, 4.69) is 5.32 Å². The van der Waals surface area contributed by atoms with Gasteiger partial charge in [-0.05, 0) is 19.1 Å².